The van der Waals surface area contributed by atoms with Gasteiger partial charge in [-0.2, -0.15) is 0 Å². The zero-order chi connectivity index (χ0) is 47.3. The Balaban J connectivity index is 1.21. The van der Waals surface area contributed by atoms with Crippen molar-refractivity contribution >= 4 is 38.1 Å². The predicted octanol–water partition coefficient (Wildman–Crippen LogP) is 8.75. The van der Waals surface area contributed by atoms with Gasteiger partial charge in [-0.25, -0.2) is 0 Å². The maximum absolute atomic E-state index is 15.7. The molecule has 8 rings (SSSR count). The summed E-state index contributed by atoms with van der Waals surface area (Å²) >= 11 is 0. The maximum atomic E-state index is 15.7. The van der Waals surface area contributed by atoms with Gasteiger partial charge in [0.05, 0.1) is 29.5 Å². The van der Waals surface area contributed by atoms with Gasteiger partial charge < -0.3 is 45.3 Å². The van der Waals surface area contributed by atoms with Gasteiger partial charge in [-0.15, -0.1) is 0 Å². The minimum atomic E-state index is -1.37. The van der Waals surface area contributed by atoms with Crippen molar-refractivity contribution in [3.8, 4) is 28.7 Å². The van der Waals surface area contributed by atoms with Crippen molar-refractivity contribution in [2.45, 2.75) is 81.3 Å². The highest BCUT2D eigenvalue weighted by Crippen LogP contribution is 2.52. The lowest BCUT2D eigenvalue weighted by Gasteiger charge is -2.33. The molecular formula is C54H61N3O8S2. The van der Waals surface area contributed by atoms with Crippen molar-refractivity contribution < 1.29 is 39.8 Å². The highest BCUT2D eigenvalue weighted by atomic mass is 33.1. The molecule has 1 aromatic heterocycles. The van der Waals surface area contributed by atoms with Crippen LogP contribution in [0, 0.1) is 5.92 Å². The molecule has 8 N–H and O–H groups in total. The minimum absolute atomic E-state index is 0.0107. The van der Waals surface area contributed by atoms with E-state index in [-0.39, 0.29) is 42.6 Å². The average Bonchev–Trinajstić information content (AvgIpc) is 3.75. The molecule has 67 heavy (non-hydrogen) atoms. The first kappa shape index (κ1) is 48.1. The molecular weight excluding hydrogens is 883 g/mol. The third-order valence-electron chi connectivity index (χ3n) is 13.3. The molecule has 0 saturated carbocycles. The minimum Gasteiger partial charge on any atom is -0.508 e. The van der Waals surface area contributed by atoms with Crippen molar-refractivity contribution in [1.82, 2.24) is 15.6 Å². The molecule has 1 aliphatic carbocycles. The Morgan fingerprint density at radius 3 is 2.55 bits per heavy atom. The number of methoxy groups -OCH3 is 1. The fraction of sp³-hybridized carbons (Fsp3) is 0.352. The number of aryl methyl sites for hydroxylation is 1. The van der Waals surface area contributed by atoms with Crippen LogP contribution < -0.4 is 20.1 Å². The van der Waals surface area contributed by atoms with Crippen LogP contribution in [-0.4, -0.2) is 81.2 Å². The van der Waals surface area contributed by atoms with Crippen molar-refractivity contribution in [1.29, 1.82) is 0 Å². The van der Waals surface area contributed by atoms with E-state index in [0.29, 0.717) is 55.2 Å². The lowest BCUT2D eigenvalue weighted by Crippen LogP contribution is -2.41. The number of β-amino-alcohol motifs (C(OH)–C–C–N with tert-alkyl or cyclic N) is 1. The fourth-order valence-corrected chi connectivity index (χ4v) is 12.8. The van der Waals surface area contributed by atoms with E-state index in [1.165, 1.54) is 27.2 Å². The van der Waals surface area contributed by atoms with E-state index < -0.39 is 28.3 Å². The smallest absolute Gasteiger partial charge is 0.167 e. The Labute approximate surface area is 400 Å². The molecule has 0 amide bonds. The molecule has 2 heterocycles. The summed E-state index contributed by atoms with van der Waals surface area (Å²) < 4.78 is 12.2. The van der Waals surface area contributed by atoms with Gasteiger partial charge in [-0.05, 0) is 126 Å². The van der Waals surface area contributed by atoms with Crippen LogP contribution in [0.15, 0.2) is 109 Å². The van der Waals surface area contributed by atoms with Crippen LogP contribution in [-0.2, 0) is 48.9 Å². The number of aromatic hydroxyl groups is 3. The quantitative estimate of drug-likeness (QED) is 0.0364. The van der Waals surface area contributed by atoms with Gasteiger partial charge in [0.1, 0.15) is 18.3 Å². The van der Waals surface area contributed by atoms with Gasteiger partial charge in [-0.3, -0.25) is 10.1 Å². The Bertz CT molecular complexity index is 2740. The van der Waals surface area contributed by atoms with E-state index in [1.807, 2.05) is 68.0 Å². The number of fused-ring (bicyclic) bond motifs is 1. The molecule has 5 aromatic carbocycles. The van der Waals surface area contributed by atoms with E-state index in [2.05, 4.69) is 46.8 Å². The topological polar surface area (TPSA) is 177 Å². The van der Waals surface area contributed by atoms with Gasteiger partial charge in [0.2, 0.25) is 0 Å². The van der Waals surface area contributed by atoms with E-state index in [4.69, 9.17) is 9.47 Å². The number of hydrogen-bond donors (Lipinski definition) is 8. The van der Waals surface area contributed by atoms with Gasteiger partial charge >= 0.3 is 0 Å². The van der Waals surface area contributed by atoms with E-state index in [0.717, 1.165) is 56.1 Å². The third-order valence-corrected chi connectivity index (χ3v) is 16.2. The van der Waals surface area contributed by atoms with Crippen LogP contribution in [0.2, 0.25) is 0 Å². The SMILES string of the molecule is CCc1ccc2ccccc2c1Cc1c(C[C@H](Cc2cc[nH]c2)[C@H](O)CC(=O)[C@@]2(c3cc(O)cc(CNC)c3)C=C[C@@H]3SSC[C@](C)(O)CNCOc4c(O)ccc(c43)C2)ccc(O)c1OC. The van der Waals surface area contributed by atoms with Crippen molar-refractivity contribution in [3.63, 3.8) is 0 Å². The van der Waals surface area contributed by atoms with Crippen molar-refractivity contribution in [3.05, 3.63) is 160 Å². The second-order valence-corrected chi connectivity index (χ2v) is 20.7. The Kier molecular flexibility index (Phi) is 15.0. The normalized spacial score (nSPS) is 20.5. The second-order valence-electron chi connectivity index (χ2n) is 18.2. The predicted molar refractivity (Wildman–Crippen MR) is 269 cm³/mol. The summed E-state index contributed by atoms with van der Waals surface area (Å²) in [7, 11) is 6.40. The first-order valence-electron chi connectivity index (χ1n) is 22.9. The number of ether oxygens (including phenoxy) is 2. The third kappa shape index (κ3) is 10.5. The summed E-state index contributed by atoms with van der Waals surface area (Å²) in [6.45, 7) is 4.68. The number of ketones is 1. The standard InChI is InChI=1S/C54H61N3O8S2/c1-5-35-10-11-36-8-6-7-9-42(36)43(35)25-44-37(12-14-45(59)51(44)64-4)23-39(20-33-17-19-56-29-33)47(61)26-49(62)54(40-21-34(28-55-3)22-41(58)24-40)18-16-48-50-38(27-54)13-15-46(60)52(50)65-32-57-30-53(2,63)31-66-67-48/h6-19,21-22,24,29,39,47-48,55-61,63H,5,20,23,25-28,30-32H2,1-4H3/t39-,47+,48-,53+,54-/m0/s1. The summed E-state index contributed by atoms with van der Waals surface area (Å²) in [5.74, 6) is 0.383. The van der Waals surface area contributed by atoms with Crippen molar-refractivity contribution in [2.24, 2.45) is 5.92 Å². The van der Waals surface area contributed by atoms with E-state index >= 15 is 4.79 Å². The number of nitrogens with one attached hydrogen (secondary N) is 3. The first-order valence-corrected chi connectivity index (χ1v) is 25.3. The zero-order valence-electron chi connectivity index (χ0n) is 38.5. The number of rotatable bonds is 15. The lowest BCUT2D eigenvalue weighted by atomic mass is 9.69. The van der Waals surface area contributed by atoms with Crippen LogP contribution in [0.3, 0.4) is 0 Å². The van der Waals surface area contributed by atoms with E-state index in [1.54, 1.807) is 38.3 Å². The summed E-state index contributed by atoms with van der Waals surface area (Å²) in [5.41, 5.74) is 5.47. The molecule has 2 aliphatic rings. The van der Waals surface area contributed by atoms with Gasteiger partial charge in [-0.1, -0.05) is 95.3 Å². The number of aromatic amines is 1. The average molecular weight is 944 g/mol. The molecule has 352 valence electrons. The number of aromatic nitrogens is 1. The summed E-state index contributed by atoms with van der Waals surface area (Å²) in [6.07, 6.45) is 8.55. The molecule has 0 unspecified atom stereocenters. The highest BCUT2D eigenvalue weighted by molar-refractivity contribution is 8.76. The largest absolute Gasteiger partial charge is 0.508 e. The number of aliphatic hydroxyl groups excluding tert-OH is 1. The number of allylic oxidation sites excluding steroid dienone is 1. The van der Waals surface area contributed by atoms with Gasteiger partial charge in [0.15, 0.2) is 23.0 Å². The molecule has 0 bridgehead atoms. The summed E-state index contributed by atoms with van der Waals surface area (Å²) in [4.78, 5) is 18.9. The zero-order valence-corrected chi connectivity index (χ0v) is 40.1. The molecule has 0 spiro atoms. The molecule has 6 aromatic rings. The molecule has 5 atom stereocenters. The number of Topliss-reactive ketones (excluding diaryl/α,β-unsaturated/α-hetero) is 1. The Morgan fingerprint density at radius 2 is 1.78 bits per heavy atom. The second kappa shape index (κ2) is 20.8. The van der Waals surface area contributed by atoms with E-state index in [9.17, 15) is 25.5 Å². The number of phenols is 3. The highest BCUT2D eigenvalue weighted by Gasteiger charge is 2.44. The molecule has 1 aliphatic heterocycles. The Hall–Kier alpha value is -5.41. The Morgan fingerprint density at radius 1 is 0.970 bits per heavy atom. The number of carbonyl (C=O) groups excluding carboxylic acids is 1. The van der Waals surface area contributed by atoms with Crippen LogP contribution >= 0.6 is 21.6 Å². The number of H-pyrrole nitrogens is 1. The van der Waals surface area contributed by atoms with Gasteiger partial charge in [0, 0.05) is 55.2 Å². The maximum Gasteiger partial charge on any atom is 0.167 e. The number of carbonyl (C=O) groups is 1. The number of phenolic OH excluding ortho intramolecular Hbond substituents is 3. The van der Waals surface area contributed by atoms with Crippen molar-refractivity contribution in [2.75, 3.05) is 33.2 Å². The molecule has 0 radical (unpaired) electrons. The summed E-state index contributed by atoms with van der Waals surface area (Å²) in [6, 6.07) is 26.8. The van der Waals surface area contributed by atoms with Crippen LogP contribution in [0.25, 0.3) is 10.8 Å². The number of aliphatic hydroxyl groups is 2. The number of hydrogen-bond acceptors (Lipinski definition) is 12. The fourth-order valence-electron chi connectivity index (χ4n) is 9.87. The lowest BCUT2D eigenvalue weighted by molar-refractivity contribution is -0.125. The molecule has 11 nitrogen and oxygen atoms in total. The molecule has 0 fully saturated rings. The molecule has 13 heteroatoms. The van der Waals surface area contributed by atoms with Crippen LogP contribution in [0.5, 0.6) is 28.7 Å². The monoisotopic (exact) mass is 943 g/mol. The number of benzene rings is 5. The first-order chi connectivity index (χ1) is 32.3. The summed E-state index contributed by atoms with van der Waals surface area (Å²) in [5, 5.41) is 65.7. The van der Waals surface area contributed by atoms with Gasteiger partial charge in [0.25, 0.3) is 0 Å². The molecule has 0 saturated heterocycles. The van der Waals surface area contributed by atoms with Crippen LogP contribution in [0.4, 0.5) is 0 Å². The van der Waals surface area contributed by atoms with Crippen LogP contribution in [0.1, 0.15) is 75.6 Å².